The Hall–Kier alpha value is -2.29. The number of aromatic nitrogens is 2. The molecule has 0 saturated carbocycles. The smallest absolute Gasteiger partial charge is 0.142 e. The Bertz CT molecular complexity index is 728. The first-order chi connectivity index (χ1) is 8.65. The average molecular weight is 238 g/mol. The molecule has 0 bridgehead atoms. The Balaban J connectivity index is 2.26. The minimum Gasteiger partial charge on any atom is -0.507 e. The fourth-order valence-electron chi connectivity index (χ4n) is 2.14. The van der Waals surface area contributed by atoms with Crippen molar-refractivity contribution in [3.63, 3.8) is 0 Å². The van der Waals surface area contributed by atoms with Gasteiger partial charge in [0.15, 0.2) is 0 Å². The summed E-state index contributed by atoms with van der Waals surface area (Å²) in [6.45, 7) is 4.03. The molecule has 1 heterocycles. The largest absolute Gasteiger partial charge is 0.507 e. The van der Waals surface area contributed by atoms with E-state index in [1.54, 1.807) is 6.07 Å². The number of H-pyrrole nitrogens is 1. The molecule has 0 saturated heterocycles. The number of benzene rings is 2. The van der Waals surface area contributed by atoms with Crippen molar-refractivity contribution in [2.75, 3.05) is 0 Å². The number of aromatic amines is 1. The molecule has 0 fully saturated rings. The number of hydrogen-bond acceptors (Lipinski definition) is 2. The SMILES string of the molecule is Cc1ccc(O)c(-c2nc3c(C)cccc3[nH]2)c1. The molecule has 3 aromatic rings. The minimum atomic E-state index is 0.248. The summed E-state index contributed by atoms with van der Waals surface area (Å²) in [5.41, 5.74) is 4.91. The van der Waals surface area contributed by atoms with Crippen LogP contribution in [0.5, 0.6) is 5.75 Å². The number of aromatic hydroxyl groups is 1. The summed E-state index contributed by atoms with van der Waals surface area (Å²) in [6, 6.07) is 11.5. The molecule has 2 aromatic carbocycles. The molecule has 0 aliphatic rings. The van der Waals surface area contributed by atoms with Crippen LogP contribution in [0.1, 0.15) is 11.1 Å². The highest BCUT2D eigenvalue weighted by Crippen LogP contribution is 2.29. The van der Waals surface area contributed by atoms with Gasteiger partial charge in [-0.1, -0.05) is 23.8 Å². The van der Waals surface area contributed by atoms with Crippen LogP contribution in [0.25, 0.3) is 22.4 Å². The van der Waals surface area contributed by atoms with Crippen molar-refractivity contribution in [3.05, 3.63) is 47.5 Å². The molecule has 0 atom stereocenters. The fourth-order valence-corrected chi connectivity index (χ4v) is 2.14. The van der Waals surface area contributed by atoms with E-state index < -0.39 is 0 Å². The number of para-hydroxylation sites is 1. The topological polar surface area (TPSA) is 48.9 Å². The van der Waals surface area contributed by atoms with Crippen molar-refractivity contribution in [2.45, 2.75) is 13.8 Å². The monoisotopic (exact) mass is 238 g/mol. The molecular weight excluding hydrogens is 224 g/mol. The van der Waals surface area contributed by atoms with Gasteiger partial charge in [-0.25, -0.2) is 4.98 Å². The second kappa shape index (κ2) is 3.88. The van der Waals surface area contributed by atoms with Crippen molar-refractivity contribution in [2.24, 2.45) is 0 Å². The maximum absolute atomic E-state index is 9.92. The molecule has 0 unspecified atom stereocenters. The first-order valence-electron chi connectivity index (χ1n) is 5.90. The van der Waals surface area contributed by atoms with E-state index in [-0.39, 0.29) is 5.75 Å². The molecule has 0 spiro atoms. The lowest BCUT2D eigenvalue weighted by Gasteiger charge is -2.02. The van der Waals surface area contributed by atoms with Crippen LogP contribution in [0.4, 0.5) is 0 Å². The van der Waals surface area contributed by atoms with Gasteiger partial charge < -0.3 is 10.1 Å². The van der Waals surface area contributed by atoms with E-state index in [4.69, 9.17) is 0 Å². The van der Waals surface area contributed by atoms with Crippen LogP contribution in [0, 0.1) is 13.8 Å². The first-order valence-corrected chi connectivity index (χ1v) is 5.90. The highest BCUT2D eigenvalue weighted by molar-refractivity contribution is 5.83. The van der Waals surface area contributed by atoms with Gasteiger partial charge in [-0.3, -0.25) is 0 Å². The maximum atomic E-state index is 9.92. The Labute approximate surface area is 105 Å². The molecule has 90 valence electrons. The van der Waals surface area contributed by atoms with Gasteiger partial charge in [-0.2, -0.15) is 0 Å². The molecule has 3 heteroatoms. The summed E-state index contributed by atoms with van der Waals surface area (Å²) in [6.07, 6.45) is 0. The van der Waals surface area contributed by atoms with Crippen molar-refractivity contribution in [1.82, 2.24) is 9.97 Å². The third-order valence-corrected chi connectivity index (χ3v) is 3.12. The Kier molecular flexibility index (Phi) is 2.33. The van der Waals surface area contributed by atoms with E-state index in [0.29, 0.717) is 5.82 Å². The first kappa shape index (κ1) is 10.8. The number of phenolic OH excluding ortho intramolecular Hbond substituents is 1. The number of nitrogens with zero attached hydrogens (tertiary/aromatic N) is 1. The van der Waals surface area contributed by atoms with E-state index >= 15 is 0 Å². The van der Waals surface area contributed by atoms with Gasteiger partial charge in [0.1, 0.15) is 11.6 Å². The number of aryl methyl sites for hydroxylation is 2. The number of rotatable bonds is 1. The van der Waals surface area contributed by atoms with Crippen LogP contribution >= 0.6 is 0 Å². The highest BCUT2D eigenvalue weighted by atomic mass is 16.3. The molecular formula is C15H14N2O. The second-order valence-electron chi connectivity index (χ2n) is 4.58. The van der Waals surface area contributed by atoms with Crippen molar-refractivity contribution < 1.29 is 5.11 Å². The summed E-state index contributed by atoms with van der Waals surface area (Å²) in [4.78, 5) is 7.82. The van der Waals surface area contributed by atoms with Gasteiger partial charge in [-0.05, 0) is 37.6 Å². The van der Waals surface area contributed by atoms with Crippen molar-refractivity contribution >= 4 is 11.0 Å². The maximum Gasteiger partial charge on any atom is 0.142 e. The third-order valence-electron chi connectivity index (χ3n) is 3.12. The van der Waals surface area contributed by atoms with Gasteiger partial charge in [0.05, 0.1) is 16.6 Å². The second-order valence-corrected chi connectivity index (χ2v) is 4.58. The van der Waals surface area contributed by atoms with Crippen LogP contribution in [-0.2, 0) is 0 Å². The number of fused-ring (bicyclic) bond motifs is 1. The summed E-state index contributed by atoms with van der Waals surface area (Å²) < 4.78 is 0. The Morgan fingerprint density at radius 1 is 1.11 bits per heavy atom. The van der Waals surface area contributed by atoms with Gasteiger partial charge in [0.25, 0.3) is 0 Å². The lowest BCUT2D eigenvalue weighted by molar-refractivity contribution is 0.477. The van der Waals surface area contributed by atoms with Crippen molar-refractivity contribution in [1.29, 1.82) is 0 Å². The van der Waals surface area contributed by atoms with Crippen LogP contribution in [-0.4, -0.2) is 15.1 Å². The summed E-state index contributed by atoms with van der Waals surface area (Å²) in [7, 11) is 0. The zero-order chi connectivity index (χ0) is 12.7. The summed E-state index contributed by atoms with van der Waals surface area (Å²) in [5, 5.41) is 9.92. The summed E-state index contributed by atoms with van der Waals surface area (Å²) >= 11 is 0. The van der Waals surface area contributed by atoms with E-state index in [1.165, 1.54) is 0 Å². The molecule has 2 N–H and O–H groups in total. The lowest BCUT2D eigenvalue weighted by atomic mass is 10.1. The Morgan fingerprint density at radius 3 is 2.72 bits per heavy atom. The predicted molar refractivity (Wildman–Crippen MR) is 72.7 cm³/mol. The normalized spacial score (nSPS) is 11.0. The molecule has 0 amide bonds. The zero-order valence-corrected chi connectivity index (χ0v) is 10.4. The van der Waals surface area contributed by atoms with Crippen LogP contribution in [0.3, 0.4) is 0 Å². The van der Waals surface area contributed by atoms with E-state index in [9.17, 15) is 5.11 Å². The predicted octanol–water partition coefficient (Wildman–Crippen LogP) is 3.55. The molecule has 0 radical (unpaired) electrons. The fraction of sp³-hybridized carbons (Fsp3) is 0.133. The quantitative estimate of drug-likeness (QED) is 0.681. The van der Waals surface area contributed by atoms with Crippen molar-refractivity contribution in [3.8, 4) is 17.1 Å². The summed E-state index contributed by atoms with van der Waals surface area (Å²) in [5.74, 6) is 0.956. The third kappa shape index (κ3) is 1.64. The van der Waals surface area contributed by atoms with Crippen LogP contribution in [0.15, 0.2) is 36.4 Å². The highest BCUT2D eigenvalue weighted by Gasteiger charge is 2.10. The molecule has 3 rings (SSSR count). The number of phenols is 1. The van der Waals surface area contributed by atoms with Gasteiger partial charge in [-0.15, -0.1) is 0 Å². The molecule has 18 heavy (non-hydrogen) atoms. The molecule has 1 aromatic heterocycles. The average Bonchev–Trinajstić information content (AvgIpc) is 2.77. The zero-order valence-electron chi connectivity index (χ0n) is 10.4. The van der Waals surface area contributed by atoms with Crippen LogP contribution < -0.4 is 0 Å². The minimum absolute atomic E-state index is 0.248. The van der Waals surface area contributed by atoms with E-state index in [1.807, 2.05) is 44.2 Å². The molecule has 3 nitrogen and oxygen atoms in total. The van der Waals surface area contributed by atoms with E-state index in [0.717, 1.165) is 27.7 Å². The number of nitrogens with one attached hydrogen (secondary N) is 1. The van der Waals surface area contributed by atoms with Crippen LogP contribution in [0.2, 0.25) is 0 Å². The lowest BCUT2D eigenvalue weighted by Crippen LogP contribution is -1.83. The Morgan fingerprint density at radius 2 is 1.94 bits per heavy atom. The number of hydrogen-bond donors (Lipinski definition) is 2. The van der Waals surface area contributed by atoms with Gasteiger partial charge in [0.2, 0.25) is 0 Å². The standard InChI is InChI=1S/C15H14N2O/c1-9-6-7-13(18)11(8-9)15-16-12-5-3-4-10(2)14(12)17-15/h3-8,18H,1-2H3,(H,16,17). The molecule has 0 aliphatic heterocycles. The van der Waals surface area contributed by atoms with Gasteiger partial charge >= 0.3 is 0 Å². The van der Waals surface area contributed by atoms with Gasteiger partial charge in [0, 0.05) is 0 Å². The number of imidazole rings is 1. The van der Waals surface area contributed by atoms with E-state index in [2.05, 4.69) is 9.97 Å². The molecule has 0 aliphatic carbocycles.